The van der Waals surface area contributed by atoms with E-state index in [2.05, 4.69) is 39.7 Å². The molecule has 0 aliphatic carbocycles. The number of aryl methyl sites for hydroxylation is 1. The molecule has 0 unspecified atom stereocenters. The van der Waals surface area contributed by atoms with Crippen molar-refractivity contribution >= 4 is 10.9 Å². The lowest BCUT2D eigenvalue weighted by Crippen LogP contribution is -2.16. The van der Waals surface area contributed by atoms with Crippen LogP contribution >= 0.6 is 0 Å². The van der Waals surface area contributed by atoms with Gasteiger partial charge in [0.05, 0.1) is 5.52 Å². The van der Waals surface area contributed by atoms with Gasteiger partial charge >= 0.3 is 0 Å². The average Bonchev–Trinajstić information content (AvgIpc) is 3.00. The van der Waals surface area contributed by atoms with Crippen LogP contribution in [0.4, 0.5) is 0 Å². The summed E-state index contributed by atoms with van der Waals surface area (Å²) < 4.78 is 1.96. The van der Waals surface area contributed by atoms with Crippen LogP contribution in [0.5, 0.6) is 0 Å². The van der Waals surface area contributed by atoms with Gasteiger partial charge in [0.1, 0.15) is 0 Å². The van der Waals surface area contributed by atoms with E-state index < -0.39 is 0 Å². The van der Waals surface area contributed by atoms with Crippen molar-refractivity contribution in [2.75, 3.05) is 6.54 Å². The fourth-order valence-corrected chi connectivity index (χ4v) is 2.27. The number of nitrogens with one attached hydrogen (secondary N) is 1. The molecule has 0 amide bonds. The highest BCUT2D eigenvalue weighted by Gasteiger charge is 1.97. The van der Waals surface area contributed by atoms with Gasteiger partial charge in [0, 0.05) is 37.1 Å². The highest BCUT2D eigenvalue weighted by molar-refractivity contribution is 5.78. The molecule has 1 aromatic carbocycles. The van der Waals surface area contributed by atoms with Gasteiger partial charge in [-0.2, -0.15) is 5.10 Å². The predicted molar refractivity (Wildman–Crippen MR) is 80.3 cm³/mol. The minimum atomic E-state index is 0.893. The molecule has 0 bridgehead atoms. The molecule has 2 aromatic heterocycles. The second-order valence-electron chi connectivity index (χ2n) is 4.83. The first kappa shape index (κ1) is 12.8. The Morgan fingerprint density at radius 3 is 3.00 bits per heavy atom. The summed E-state index contributed by atoms with van der Waals surface area (Å²) in [4.78, 5) is 4.33. The van der Waals surface area contributed by atoms with E-state index in [4.69, 9.17) is 0 Å². The van der Waals surface area contributed by atoms with Gasteiger partial charge in [-0.1, -0.05) is 12.1 Å². The van der Waals surface area contributed by atoms with Crippen LogP contribution in [0.2, 0.25) is 0 Å². The van der Waals surface area contributed by atoms with Crippen molar-refractivity contribution in [3.05, 3.63) is 60.6 Å². The number of fused-ring (bicyclic) bond motifs is 1. The predicted octanol–water partition coefficient (Wildman–Crippen LogP) is 2.61. The number of pyridine rings is 1. The molecule has 1 N–H and O–H groups in total. The lowest BCUT2D eigenvalue weighted by atomic mass is 10.1. The van der Waals surface area contributed by atoms with Gasteiger partial charge in [0.2, 0.25) is 0 Å². The molecule has 20 heavy (non-hydrogen) atoms. The third-order valence-corrected chi connectivity index (χ3v) is 3.30. The van der Waals surface area contributed by atoms with Gasteiger partial charge in [-0.3, -0.25) is 9.67 Å². The summed E-state index contributed by atoms with van der Waals surface area (Å²) in [5, 5.41) is 8.85. The molecule has 3 aromatic rings. The molecule has 0 radical (unpaired) electrons. The SMILES string of the molecule is c1cnc2ccc(CNCCCn3cccn3)cc2c1. The normalized spacial score (nSPS) is 11.0. The van der Waals surface area contributed by atoms with Crippen molar-refractivity contribution < 1.29 is 0 Å². The third kappa shape index (κ3) is 3.22. The van der Waals surface area contributed by atoms with Gasteiger partial charge in [-0.05, 0) is 42.8 Å². The van der Waals surface area contributed by atoms with Crippen molar-refractivity contribution in [1.82, 2.24) is 20.1 Å². The van der Waals surface area contributed by atoms with E-state index in [1.165, 1.54) is 10.9 Å². The van der Waals surface area contributed by atoms with E-state index >= 15 is 0 Å². The molecule has 0 saturated carbocycles. The van der Waals surface area contributed by atoms with Crippen molar-refractivity contribution in [3.63, 3.8) is 0 Å². The third-order valence-electron chi connectivity index (χ3n) is 3.30. The lowest BCUT2D eigenvalue weighted by molar-refractivity contribution is 0.543. The van der Waals surface area contributed by atoms with E-state index in [1.807, 2.05) is 35.4 Å². The van der Waals surface area contributed by atoms with E-state index in [9.17, 15) is 0 Å². The van der Waals surface area contributed by atoms with Crippen molar-refractivity contribution in [2.24, 2.45) is 0 Å². The average molecular weight is 266 g/mol. The Morgan fingerprint density at radius 2 is 2.10 bits per heavy atom. The summed E-state index contributed by atoms with van der Waals surface area (Å²) in [6.07, 6.45) is 6.72. The van der Waals surface area contributed by atoms with E-state index in [0.29, 0.717) is 0 Å². The Hall–Kier alpha value is -2.20. The number of hydrogen-bond acceptors (Lipinski definition) is 3. The quantitative estimate of drug-likeness (QED) is 0.697. The monoisotopic (exact) mass is 266 g/mol. The Balaban J connectivity index is 1.47. The fraction of sp³-hybridized carbons (Fsp3) is 0.250. The first-order chi connectivity index (χ1) is 9.92. The topological polar surface area (TPSA) is 42.7 Å². The van der Waals surface area contributed by atoms with Crippen molar-refractivity contribution in [2.45, 2.75) is 19.5 Å². The molecule has 0 saturated heterocycles. The number of nitrogens with zero attached hydrogens (tertiary/aromatic N) is 3. The molecule has 2 heterocycles. The summed E-state index contributed by atoms with van der Waals surface area (Å²) in [6, 6.07) is 12.4. The molecule has 0 aliphatic rings. The van der Waals surface area contributed by atoms with Crippen LogP contribution in [-0.2, 0) is 13.1 Å². The molecule has 102 valence electrons. The molecular weight excluding hydrogens is 248 g/mol. The molecule has 0 atom stereocenters. The van der Waals surface area contributed by atoms with Crippen LogP contribution in [0, 0.1) is 0 Å². The van der Waals surface area contributed by atoms with E-state index in [1.54, 1.807) is 0 Å². The summed E-state index contributed by atoms with van der Waals surface area (Å²) in [6.45, 7) is 2.84. The van der Waals surface area contributed by atoms with Crippen LogP contribution in [0.3, 0.4) is 0 Å². The second kappa shape index (κ2) is 6.30. The Morgan fingerprint density at radius 1 is 1.10 bits per heavy atom. The highest BCUT2D eigenvalue weighted by atomic mass is 15.3. The molecule has 4 nitrogen and oxygen atoms in total. The summed E-state index contributed by atoms with van der Waals surface area (Å²) >= 11 is 0. The summed E-state index contributed by atoms with van der Waals surface area (Å²) in [5.74, 6) is 0. The van der Waals surface area contributed by atoms with E-state index in [-0.39, 0.29) is 0 Å². The number of aromatic nitrogens is 3. The van der Waals surface area contributed by atoms with Gasteiger partial charge in [-0.15, -0.1) is 0 Å². The van der Waals surface area contributed by atoms with Gasteiger partial charge < -0.3 is 5.32 Å². The molecule has 0 fully saturated rings. The van der Waals surface area contributed by atoms with Crippen LogP contribution in [0.15, 0.2) is 55.0 Å². The standard InChI is InChI=1S/C16H18N4/c1-4-15-12-14(5-6-16(15)18-8-1)13-17-7-2-10-20-11-3-9-19-20/h1,3-6,8-9,11-12,17H,2,7,10,13H2. The number of hydrogen-bond donors (Lipinski definition) is 1. The Bertz CT molecular complexity index is 661. The molecular formula is C16H18N4. The lowest BCUT2D eigenvalue weighted by Gasteiger charge is -2.06. The van der Waals surface area contributed by atoms with Gasteiger partial charge in [-0.25, -0.2) is 0 Å². The first-order valence-electron chi connectivity index (χ1n) is 6.94. The second-order valence-corrected chi connectivity index (χ2v) is 4.83. The van der Waals surface area contributed by atoms with Crippen LogP contribution < -0.4 is 5.32 Å². The summed E-state index contributed by atoms with van der Waals surface area (Å²) in [5.41, 5.74) is 2.35. The minimum Gasteiger partial charge on any atom is -0.313 e. The number of benzene rings is 1. The fourth-order valence-electron chi connectivity index (χ4n) is 2.27. The molecule has 0 aliphatic heterocycles. The molecule has 3 rings (SSSR count). The minimum absolute atomic E-state index is 0.893. The van der Waals surface area contributed by atoms with Crippen LogP contribution in [0.1, 0.15) is 12.0 Å². The Kier molecular flexibility index (Phi) is 4.04. The highest BCUT2D eigenvalue weighted by Crippen LogP contribution is 2.12. The molecule has 4 heteroatoms. The summed E-state index contributed by atoms with van der Waals surface area (Å²) in [7, 11) is 0. The maximum atomic E-state index is 4.33. The maximum Gasteiger partial charge on any atom is 0.0702 e. The van der Waals surface area contributed by atoms with Crippen LogP contribution in [0.25, 0.3) is 10.9 Å². The van der Waals surface area contributed by atoms with Crippen molar-refractivity contribution in [3.8, 4) is 0 Å². The van der Waals surface area contributed by atoms with E-state index in [0.717, 1.165) is 31.6 Å². The molecule has 0 spiro atoms. The zero-order valence-electron chi connectivity index (χ0n) is 11.4. The first-order valence-corrected chi connectivity index (χ1v) is 6.94. The smallest absolute Gasteiger partial charge is 0.0702 e. The van der Waals surface area contributed by atoms with Crippen LogP contribution in [-0.4, -0.2) is 21.3 Å². The Labute approximate surface area is 118 Å². The zero-order chi connectivity index (χ0) is 13.6. The largest absolute Gasteiger partial charge is 0.313 e. The zero-order valence-corrected chi connectivity index (χ0v) is 11.4. The van der Waals surface area contributed by atoms with Gasteiger partial charge in [0.25, 0.3) is 0 Å². The maximum absolute atomic E-state index is 4.33. The van der Waals surface area contributed by atoms with Gasteiger partial charge in [0.15, 0.2) is 0 Å². The van der Waals surface area contributed by atoms with Crippen molar-refractivity contribution in [1.29, 1.82) is 0 Å². The number of rotatable bonds is 6.